The quantitative estimate of drug-likeness (QED) is 0.773. The van der Waals surface area contributed by atoms with Gasteiger partial charge < -0.3 is 16.0 Å². The molecule has 2 atom stereocenters. The van der Waals surface area contributed by atoms with Gasteiger partial charge in [-0.2, -0.15) is 0 Å². The molecule has 0 radical (unpaired) electrons. The second-order valence-electron chi connectivity index (χ2n) is 5.28. The van der Waals surface area contributed by atoms with Crippen molar-refractivity contribution in [3.8, 4) is 0 Å². The highest BCUT2D eigenvalue weighted by atomic mass is 32.2. The number of carbonyl (C=O) groups is 2. The number of benzene rings is 1. The van der Waals surface area contributed by atoms with Gasteiger partial charge in [0.15, 0.2) is 0 Å². The van der Waals surface area contributed by atoms with Crippen molar-refractivity contribution in [1.82, 2.24) is 5.32 Å². The normalized spacial score (nSPS) is 24.9. The van der Waals surface area contributed by atoms with E-state index in [1.54, 1.807) is 0 Å². The molecular formula is C14H17N3O2S. The van der Waals surface area contributed by atoms with Crippen molar-refractivity contribution >= 4 is 35.0 Å². The Morgan fingerprint density at radius 1 is 1.40 bits per heavy atom. The molecule has 0 saturated carbocycles. The van der Waals surface area contributed by atoms with Crippen LogP contribution in [0.4, 0.5) is 11.4 Å². The van der Waals surface area contributed by atoms with E-state index in [2.05, 4.69) is 22.9 Å². The summed E-state index contributed by atoms with van der Waals surface area (Å²) in [5.74, 6) is 0.846. The van der Waals surface area contributed by atoms with Gasteiger partial charge in [0, 0.05) is 17.1 Å². The summed E-state index contributed by atoms with van der Waals surface area (Å²) >= 11 is 1.52. The van der Waals surface area contributed by atoms with Crippen LogP contribution in [0.25, 0.3) is 0 Å². The lowest BCUT2D eigenvalue weighted by molar-refractivity contribution is -0.120. The molecule has 0 spiro atoms. The van der Waals surface area contributed by atoms with Crippen LogP contribution >= 0.6 is 11.8 Å². The Kier molecular flexibility index (Phi) is 3.67. The molecule has 2 aliphatic heterocycles. The summed E-state index contributed by atoms with van der Waals surface area (Å²) in [5.41, 5.74) is 1.51. The summed E-state index contributed by atoms with van der Waals surface area (Å²) in [6.07, 6.45) is 0. The fourth-order valence-corrected chi connectivity index (χ4v) is 3.35. The van der Waals surface area contributed by atoms with E-state index in [-0.39, 0.29) is 17.7 Å². The smallest absolute Gasteiger partial charge is 0.234 e. The maximum absolute atomic E-state index is 12.2. The molecule has 1 aromatic rings. The average molecular weight is 291 g/mol. The van der Waals surface area contributed by atoms with E-state index in [0.29, 0.717) is 11.7 Å². The van der Waals surface area contributed by atoms with Crippen LogP contribution in [-0.4, -0.2) is 30.7 Å². The van der Waals surface area contributed by atoms with Gasteiger partial charge in [0.25, 0.3) is 0 Å². The van der Waals surface area contributed by atoms with E-state index in [0.717, 1.165) is 29.4 Å². The topological polar surface area (TPSA) is 70.2 Å². The molecule has 1 aromatic carbocycles. The summed E-state index contributed by atoms with van der Waals surface area (Å²) in [7, 11) is 0. The molecule has 0 bridgehead atoms. The third-order valence-electron chi connectivity index (χ3n) is 3.73. The fraction of sp³-hybridized carbons (Fsp3) is 0.429. The minimum absolute atomic E-state index is 0.000378. The third-order valence-corrected chi connectivity index (χ3v) is 4.81. The minimum Gasteiger partial charge on any atom is -0.326 e. The highest BCUT2D eigenvalue weighted by Crippen LogP contribution is 2.33. The number of anilines is 2. The molecular weight excluding hydrogens is 274 g/mol. The van der Waals surface area contributed by atoms with Crippen LogP contribution in [0.5, 0.6) is 0 Å². The molecule has 1 fully saturated rings. The van der Waals surface area contributed by atoms with Crippen molar-refractivity contribution < 1.29 is 9.59 Å². The Balaban J connectivity index is 1.73. The molecule has 2 aliphatic rings. The van der Waals surface area contributed by atoms with Crippen LogP contribution in [0.2, 0.25) is 0 Å². The maximum Gasteiger partial charge on any atom is 0.234 e. The highest BCUT2D eigenvalue weighted by molar-refractivity contribution is 8.00. The van der Waals surface area contributed by atoms with Crippen LogP contribution in [0.3, 0.4) is 0 Å². The lowest BCUT2D eigenvalue weighted by Crippen LogP contribution is -2.28. The van der Waals surface area contributed by atoms with Gasteiger partial charge in [-0.25, -0.2) is 0 Å². The van der Waals surface area contributed by atoms with Gasteiger partial charge in [0.05, 0.1) is 17.4 Å². The zero-order chi connectivity index (χ0) is 14.1. The molecule has 1 saturated heterocycles. The van der Waals surface area contributed by atoms with Crippen molar-refractivity contribution in [2.45, 2.75) is 11.8 Å². The molecule has 0 aliphatic carbocycles. The van der Waals surface area contributed by atoms with Crippen LogP contribution < -0.4 is 16.0 Å². The Morgan fingerprint density at radius 3 is 3.00 bits per heavy atom. The van der Waals surface area contributed by atoms with Gasteiger partial charge in [-0.15, -0.1) is 11.8 Å². The highest BCUT2D eigenvalue weighted by Gasteiger charge is 2.29. The standard InChI is InChI=1S/C14H17N3O2S/c1-8-5-15-6-10(8)14(19)16-9-2-3-12-11(4-9)17-13(18)7-20-12/h2-4,8,10,15H,5-7H2,1H3,(H,16,19)(H,17,18)/t8-,10-/m1/s1. The number of carbonyl (C=O) groups excluding carboxylic acids is 2. The minimum atomic E-state index is -0.000378. The largest absolute Gasteiger partial charge is 0.326 e. The molecule has 20 heavy (non-hydrogen) atoms. The molecule has 106 valence electrons. The fourth-order valence-electron chi connectivity index (χ4n) is 2.56. The molecule has 6 heteroatoms. The van der Waals surface area contributed by atoms with Gasteiger partial charge in [0.2, 0.25) is 11.8 Å². The first-order valence-corrected chi connectivity index (χ1v) is 7.70. The van der Waals surface area contributed by atoms with E-state index >= 15 is 0 Å². The summed E-state index contributed by atoms with van der Waals surface area (Å²) < 4.78 is 0. The molecule has 3 rings (SSSR count). The Hall–Kier alpha value is -1.53. The van der Waals surface area contributed by atoms with Crippen LogP contribution in [0.1, 0.15) is 6.92 Å². The van der Waals surface area contributed by atoms with Crippen LogP contribution in [0, 0.1) is 11.8 Å². The van der Waals surface area contributed by atoms with Crippen molar-refractivity contribution in [3.05, 3.63) is 18.2 Å². The van der Waals surface area contributed by atoms with E-state index in [9.17, 15) is 9.59 Å². The van der Waals surface area contributed by atoms with E-state index in [1.165, 1.54) is 11.8 Å². The number of rotatable bonds is 2. The molecule has 2 amide bonds. The molecule has 0 aromatic heterocycles. The maximum atomic E-state index is 12.2. The summed E-state index contributed by atoms with van der Waals surface area (Å²) in [6, 6.07) is 5.64. The van der Waals surface area contributed by atoms with Gasteiger partial charge in [-0.1, -0.05) is 6.92 Å². The molecule has 2 heterocycles. The molecule has 3 N–H and O–H groups in total. The monoisotopic (exact) mass is 291 g/mol. The second kappa shape index (κ2) is 5.46. The number of thioether (sulfide) groups is 1. The Labute approximate surface area is 121 Å². The molecule has 5 nitrogen and oxygen atoms in total. The van der Waals surface area contributed by atoms with Gasteiger partial charge in [0.1, 0.15) is 0 Å². The van der Waals surface area contributed by atoms with Gasteiger partial charge in [-0.3, -0.25) is 9.59 Å². The first kappa shape index (κ1) is 13.5. The average Bonchev–Trinajstić information content (AvgIpc) is 2.84. The second-order valence-corrected chi connectivity index (χ2v) is 6.30. The SMILES string of the molecule is C[C@@H]1CNC[C@H]1C(=O)Nc1ccc2c(c1)NC(=O)CS2. The number of amides is 2. The van der Waals surface area contributed by atoms with E-state index in [4.69, 9.17) is 0 Å². The van der Waals surface area contributed by atoms with E-state index in [1.807, 2.05) is 18.2 Å². The number of nitrogens with one attached hydrogen (secondary N) is 3. The predicted molar refractivity (Wildman–Crippen MR) is 79.9 cm³/mol. The summed E-state index contributed by atoms with van der Waals surface area (Å²) in [5, 5.41) is 8.99. The van der Waals surface area contributed by atoms with Gasteiger partial charge in [-0.05, 0) is 30.7 Å². The zero-order valence-corrected chi connectivity index (χ0v) is 12.0. The zero-order valence-electron chi connectivity index (χ0n) is 11.2. The Morgan fingerprint density at radius 2 is 2.25 bits per heavy atom. The number of hydrogen-bond donors (Lipinski definition) is 3. The van der Waals surface area contributed by atoms with Crippen LogP contribution in [0.15, 0.2) is 23.1 Å². The Bertz CT molecular complexity index is 561. The van der Waals surface area contributed by atoms with Crippen molar-refractivity contribution in [2.24, 2.45) is 11.8 Å². The van der Waals surface area contributed by atoms with Gasteiger partial charge >= 0.3 is 0 Å². The van der Waals surface area contributed by atoms with E-state index < -0.39 is 0 Å². The first-order valence-electron chi connectivity index (χ1n) is 6.72. The third kappa shape index (κ3) is 2.66. The van der Waals surface area contributed by atoms with Crippen molar-refractivity contribution in [2.75, 3.05) is 29.5 Å². The summed E-state index contributed by atoms with van der Waals surface area (Å²) in [4.78, 5) is 24.6. The van der Waals surface area contributed by atoms with Crippen molar-refractivity contribution in [3.63, 3.8) is 0 Å². The number of fused-ring (bicyclic) bond motifs is 1. The van der Waals surface area contributed by atoms with Crippen molar-refractivity contribution in [1.29, 1.82) is 0 Å². The predicted octanol–water partition coefficient (Wildman–Crippen LogP) is 1.52. The van der Waals surface area contributed by atoms with Crippen LogP contribution in [-0.2, 0) is 9.59 Å². The first-order chi connectivity index (χ1) is 9.63. The number of hydrogen-bond acceptors (Lipinski definition) is 4. The lowest BCUT2D eigenvalue weighted by atomic mass is 9.97. The molecule has 0 unspecified atom stereocenters. The lowest BCUT2D eigenvalue weighted by Gasteiger charge is -2.18. The summed E-state index contributed by atoms with van der Waals surface area (Å²) in [6.45, 7) is 3.69.